The maximum Gasteiger partial charge on any atom is 0.433 e. The van der Waals surface area contributed by atoms with Gasteiger partial charge in [-0.1, -0.05) is 0 Å². The lowest BCUT2D eigenvalue weighted by molar-refractivity contribution is -0.141. The number of halogens is 3. The number of aromatic nitrogens is 1. The molecule has 2 fully saturated rings. The quantitative estimate of drug-likeness (QED) is 0.883. The number of sulfonamides is 1. The molecule has 1 aromatic heterocycles. The number of rotatable bonds is 2. The highest BCUT2D eigenvalue weighted by Gasteiger charge is 2.44. The van der Waals surface area contributed by atoms with Gasteiger partial charge in [-0.2, -0.15) is 17.5 Å². The molecular formula is C14H18F3N3O2S. The van der Waals surface area contributed by atoms with Crippen molar-refractivity contribution in [2.45, 2.75) is 36.9 Å². The summed E-state index contributed by atoms with van der Waals surface area (Å²) < 4.78 is 64.7. The maximum atomic E-state index is 12.7. The van der Waals surface area contributed by atoms with Crippen LogP contribution in [-0.4, -0.2) is 36.8 Å². The van der Waals surface area contributed by atoms with Gasteiger partial charge in [0.1, 0.15) is 10.6 Å². The third-order valence-electron chi connectivity index (χ3n) is 4.70. The standard InChI is InChI=1S/C14H18F3N3O2S/c1-8-12(2-3-13(19-8)14(15,16)17)23(21,22)20-6-9-4-11(18)5-10(9)7-20/h2-3,9-11H,4-7,18H2,1H3. The molecule has 1 aliphatic carbocycles. The Kier molecular flexibility index (Phi) is 3.93. The van der Waals surface area contributed by atoms with Gasteiger partial charge in [-0.15, -0.1) is 0 Å². The van der Waals surface area contributed by atoms with E-state index in [0.29, 0.717) is 19.2 Å². The van der Waals surface area contributed by atoms with Crippen molar-refractivity contribution in [2.75, 3.05) is 13.1 Å². The molecule has 1 saturated heterocycles. The lowest BCUT2D eigenvalue weighted by atomic mass is 10.0. The zero-order valence-electron chi connectivity index (χ0n) is 12.5. The van der Waals surface area contributed by atoms with Crippen LogP contribution in [0, 0.1) is 18.8 Å². The van der Waals surface area contributed by atoms with Crippen molar-refractivity contribution in [2.24, 2.45) is 17.6 Å². The van der Waals surface area contributed by atoms with E-state index in [1.165, 1.54) is 11.2 Å². The second-order valence-electron chi connectivity index (χ2n) is 6.35. The molecule has 2 aliphatic rings. The number of nitrogens with zero attached hydrogens (tertiary/aromatic N) is 2. The number of fused-ring (bicyclic) bond motifs is 1. The van der Waals surface area contributed by atoms with Gasteiger partial charge in [0.05, 0.1) is 5.69 Å². The van der Waals surface area contributed by atoms with E-state index in [4.69, 9.17) is 5.73 Å². The summed E-state index contributed by atoms with van der Waals surface area (Å²) in [6.07, 6.45) is -3.00. The van der Waals surface area contributed by atoms with Crippen molar-refractivity contribution in [3.05, 3.63) is 23.5 Å². The average molecular weight is 349 g/mol. The highest BCUT2D eigenvalue weighted by molar-refractivity contribution is 7.89. The zero-order valence-corrected chi connectivity index (χ0v) is 13.4. The molecule has 0 aromatic carbocycles. The van der Waals surface area contributed by atoms with Crippen molar-refractivity contribution in [3.63, 3.8) is 0 Å². The minimum atomic E-state index is -4.59. The Bertz CT molecular complexity index is 706. The van der Waals surface area contributed by atoms with Crippen molar-refractivity contribution >= 4 is 10.0 Å². The fraction of sp³-hybridized carbons (Fsp3) is 0.643. The Morgan fingerprint density at radius 2 is 1.78 bits per heavy atom. The van der Waals surface area contributed by atoms with Crippen LogP contribution in [0.15, 0.2) is 17.0 Å². The lowest BCUT2D eigenvalue weighted by Crippen LogP contribution is -2.32. The van der Waals surface area contributed by atoms with Crippen LogP contribution in [0.25, 0.3) is 0 Å². The summed E-state index contributed by atoms with van der Waals surface area (Å²) in [5, 5.41) is 0. The Labute approximate surface area is 132 Å². The molecule has 128 valence electrons. The van der Waals surface area contributed by atoms with Crippen molar-refractivity contribution in [3.8, 4) is 0 Å². The Hall–Kier alpha value is -1.19. The lowest BCUT2D eigenvalue weighted by Gasteiger charge is -2.19. The number of nitrogens with two attached hydrogens (primary N) is 1. The molecule has 1 aromatic rings. The summed E-state index contributed by atoms with van der Waals surface area (Å²) in [4.78, 5) is 3.26. The summed E-state index contributed by atoms with van der Waals surface area (Å²) in [5.74, 6) is 0.477. The SMILES string of the molecule is Cc1nc(C(F)(F)F)ccc1S(=O)(=O)N1CC2CC(N)CC2C1. The first-order valence-corrected chi connectivity index (χ1v) is 8.83. The number of pyridine rings is 1. The van der Waals surface area contributed by atoms with Crippen LogP contribution >= 0.6 is 0 Å². The third-order valence-corrected chi connectivity index (χ3v) is 6.66. The van der Waals surface area contributed by atoms with Crippen LogP contribution in [0.3, 0.4) is 0 Å². The van der Waals surface area contributed by atoms with Gasteiger partial charge in [0.2, 0.25) is 10.0 Å². The first kappa shape index (κ1) is 16.7. The van der Waals surface area contributed by atoms with Crippen LogP contribution in [-0.2, 0) is 16.2 Å². The van der Waals surface area contributed by atoms with E-state index in [0.717, 1.165) is 18.9 Å². The van der Waals surface area contributed by atoms with Crippen molar-refractivity contribution < 1.29 is 21.6 Å². The first-order valence-electron chi connectivity index (χ1n) is 7.39. The van der Waals surface area contributed by atoms with Crippen LogP contribution in [0.4, 0.5) is 13.2 Å². The maximum absolute atomic E-state index is 12.7. The van der Waals surface area contributed by atoms with E-state index < -0.39 is 21.9 Å². The van der Waals surface area contributed by atoms with Crippen LogP contribution in [0.5, 0.6) is 0 Å². The molecule has 23 heavy (non-hydrogen) atoms. The fourth-order valence-electron chi connectivity index (χ4n) is 3.62. The molecule has 3 rings (SSSR count). The predicted molar refractivity (Wildman–Crippen MR) is 76.9 cm³/mol. The molecule has 1 saturated carbocycles. The molecule has 0 radical (unpaired) electrons. The van der Waals surface area contributed by atoms with Gasteiger partial charge in [0, 0.05) is 19.1 Å². The van der Waals surface area contributed by atoms with Crippen molar-refractivity contribution in [1.82, 2.24) is 9.29 Å². The van der Waals surface area contributed by atoms with Gasteiger partial charge in [-0.05, 0) is 43.7 Å². The van der Waals surface area contributed by atoms with E-state index in [2.05, 4.69) is 4.98 Å². The second-order valence-corrected chi connectivity index (χ2v) is 8.26. The molecule has 2 atom stereocenters. The smallest absolute Gasteiger partial charge is 0.328 e. The van der Waals surface area contributed by atoms with E-state index in [-0.39, 0.29) is 28.5 Å². The second kappa shape index (κ2) is 5.42. The summed E-state index contributed by atoms with van der Waals surface area (Å²) in [6.45, 7) is 2.04. The normalized spacial score (nSPS) is 29.0. The first-order chi connectivity index (χ1) is 10.6. The summed E-state index contributed by atoms with van der Waals surface area (Å²) >= 11 is 0. The van der Waals surface area contributed by atoms with Crippen LogP contribution < -0.4 is 5.73 Å². The topological polar surface area (TPSA) is 76.3 Å². The van der Waals surface area contributed by atoms with E-state index in [1.54, 1.807) is 0 Å². The fourth-order valence-corrected chi connectivity index (χ4v) is 5.33. The molecule has 2 heterocycles. The molecule has 0 spiro atoms. The van der Waals surface area contributed by atoms with Gasteiger partial charge in [0.15, 0.2) is 0 Å². The zero-order chi connectivity index (χ0) is 17.0. The number of aryl methyl sites for hydroxylation is 1. The molecule has 5 nitrogen and oxygen atoms in total. The summed E-state index contributed by atoms with van der Waals surface area (Å²) in [5.41, 5.74) is 4.67. The Morgan fingerprint density at radius 1 is 1.22 bits per heavy atom. The summed E-state index contributed by atoms with van der Waals surface area (Å²) in [6, 6.07) is 1.83. The third kappa shape index (κ3) is 2.97. The predicted octanol–water partition coefficient (Wildman–Crippen LogP) is 1.77. The average Bonchev–Trinajstić information content (AvgIpc) is 2.94. The largest absolute Gasteiger partial charge is 0.433 e. The van der Waals surface area contributed by atoms with E-state index >= 15 is 0 Å². The molecule has 2 unspecified atom stereocenters. The number of hydrogen-bond donors (Lipinski definition) is 1. The van der Waals surface area contributed by atoms with Gasteiger partial charge in [0.25, 0.3) is 0 Å². The van der Waals surface area contributed by atoms with Gasteiger partial charge >= 0.3 is 6.18 Å². The van der Waals surface area contributed by atoms with E-state index in [1.807, 2.05) is 0 Å². The minimum Gasteiger partial charge on any atom is -0.328 e. The molecule has 2 N–H and O–H groups in total. The van der Waals surface area contributed by atoms with Gasteiger partial charge < -0.3 is 5.73 Å². The van der Waals surface area contributed by atoms with Gasteiger partial charge in [-0.3, -0.25) is 0 Å². The molecule has 0 amide bonds. The molecule has 9 heteroatoms. The highest BCUT2D eigenvalue weighted by Crippen LogP contribution is 2.39. The highest BCUT2D eigenvalue weighted by atomic mass is 32.2. The van der Waals surface area contributed by atoms with Crippen LogP contribution in [0.2, 0.25) is 0 Å². The Morgan fingerprint density at radius 3 is 2.26 bits per heavy atom. The van der Waals surface area contributed by atoms with E-state index in [9.17, 15) is 21.6 Å². The summed E-state index contributed by atoms with van der Waals surface area (Å²) in [7, 11) is -3.83. The van der Waals surface area contributed by atoms with Gasteiger partial charge in [-0.25, -0.2) is 13.4 Å². The van der Waals surface area contributed by atoms with Crippen molar-refractivity contribution in [1.29, 1.82) is 0 Å². The number of alkyl halides is 3. The number of hydrogen-bond acceptors (Lipinski definition) is 4. The monoisotopic (exact) mass is 349 g/mol. The molecule has 0 bridgehead atoms. The molecule has 1 aliphatic heterocycles. The van der Waals surface area contributed by atoms with Crippen LogP contribution in [0.1, 0.15) is 24.2 Å². The Balaban J connectivity index is 1.87. The minimum absolute atomic E-state index is 0.115. The molecular weight excluding hydrogens is 331 g/mol.